The van der Waals surface area contributed by atoms with E-state index in [0.29, 0.717) is 5.75 Å². The molecule has 0 saturated heterocycles. The van der Waals surface area contributed by atoms with Crippen molar-refractivity contribution in [2.45, 2.75) is 58.5 Å². The van der Waals surface area contributed by atoms with Crippen LogP contribution in [0.25, 0.3) is 0 Å². The summed E-state index contributed by atoms with van der Waals surface area (Å²) in [6, 6.07) is 14.7. The lowest BCUT2D eigenvalue weighted by Gasteiger charge is -2.33. The zero-order valence-corrected chi connectivity index (χ0v) is 20.7. The van der Waals surface area contributed by atoms with E-state index in [1.54, 1.807) is 45.0 Å². The molecule has 0 unspecified atom stereocenters. The zero-order chi connectivity index (χ0) is 26.1. The molecule has 0 aromatic heterocycles. The average molecular weight is 481 g/mol. The van der Waals surface area contributed by atoms with E-state index in [4.69, 9.17) is 20.6 Å². The molecule has 8 nitrogen and oxygen atoms in total. The summed E-state index contributed by atoms with van der Waals surface area (Å²) in [5.74, 6) is 1.48. The van der Waals surface area contributed by atoms with Crippen LogP contribution in [0.15, 0.2) is 54.6 Å². The highest BCUT2D eigenvalue weighted by molar-refractivity contribution is 5.90. The van der Waals surface area contributed by atoms with E-state index in [0.717, 1.165) is 11.1 Å². The minimum atomic E-state index is -1.61. The third kappa shape index (κ3) is 9.05. The number of nitrogens with one attached hydrogen (secondary N) is 2. The molecule has 186 valence electrons. The number of esters is 1. The maximum absolute atomic E-state index is 13.1. The lowest BCUT2D eigenvalue weighted by atomic mass is 9.96. The molecule has 35 heavy (non-hydrogen) atoms. The van der Waals surface area contributed by atoms with Gasteiger partial charge < -0.3 is 24.8 Å². The molecule has 2 atom stereocenters. The molecule has 0 aliphatic heterocycles. The van der Waals surface area contributed by atoms with E-state index in [1.165, 1.54) is 6.92 Å². The summed E-state index contributed by atoms with van der Waals surface area (Å²) < 4.78 is 16.4. The molecule has 8 heteroatoms. The lowest BCUT2D eigenvalue weighted by Crippen LogP contribution is -2.61. The molecule has 0 aliphatic carbocycles. The molecule has 2 N–H and O–H groups in total. The van der Waals surface area contributed by atoms with Crippen LogP contribution in [0.1, 0.15) is 38.8 Å². The van der Waals surface area contributed by atoms with Gasteiger partial charge in [-0.25, -0.2) is 4.79 Å². The average Bonchev–Trinajstić information content (AvgIpc) is 2.80. The third-order valence-corrected chi connectivity index (χ3v) is 4.75. The van der Waals surface area contributed by atoms with Crippen LogP contribution >= 0.6 is 0 Å². The van der Waals surface area contributed by atoms with Crippen molar-refractivity contribution in [3.05, 3.63) is 65.7 Å². The van der Waals surface area contributed by atoms with Crippen LogP contribution < -0.4 is 15.4 Å². The van der Waals surface area contributed by atoms with E-state index in [9.17, 15) is 14.4 Å². The van der Waals surface area contributed by atoms with Crippen molar-refractivity contribution >= 4 is 18.0 Å². The van der Waals surface area contributed by atoms with Crippen LogP contribution in [0.2, 0.25) is 0 Å². The van der Waals surface area contributed by atoms with Gasteiger partial charge in [-0.2, -0.15) is 0 Å². The maximum atomic E-state index is 13.1. The smallest absolute Gasteiger partial charge is 0.408 e. The summed E-state index contributed by atoms with van der Waals surface area (Å²) >= 11 is 0. The van der Waals surface area contributed by atoms with E-state index >= 15 is 0 Å². The Labute approximate surface area is 206 Å². The summed E-state index contributed by atoms with van der Waals surface area (Å²) in [7, 11) is 0. The van der Waals surface area contributed by atoms with Gasteiger partial charge in [0, 0.05) is 0 Å². The molecule has 0 saturated carbocycles. The minimum Gasteiger partial charge on any atom is -0.472 e. The number of terminal acetylenes is 1. The van der Waals surface area contributed by atoms with Gasteiger partial charge in [0.15, 0.2) is 11.6 Å². The Kier molecular flexibility index (Phi) is 9.29. The van der Waals surface area contributed by atoms with Gasteiger partial charge in [-0.1, -0.05) is 53.9 Å². The number of hydrogen-bond donors (Lipinski definition) is 2. The highest BCUT2D eigenvalue weighted by atomic mass is 16.6. The first-order chi connectivity index (χ1) is 16.4. The zero-order valence-electron chi connectivity index (χ0n) is 20.7. The summed E-state index contributed by atoms with van der Waals surface area (Å²) in [6.45, 7) is 8.12. The molecule has 0 bridgehead atoms. The molecule has 0 aliphatic rings. The van der Waals surface area contributed by atoms with Crippen molar-refractivity contribution in [2.24, 2.45) is 0 Å². The second-order valence-electron chi connectivity index (χ2n) is 9.11. The molecule has 0 fully saturated rings. The Morgan fingerprint density at radius 1 is 1.00 bits per heavy atom. The second kappa shape index (κ2) is 11.9. The topological polar surface area (TPSA) is 103 Å². The minimum absolute atomic E-state index is 0.00942. The normalized spacial score (nSPS) is 13.4. The Balaban J connectivity index is 2.19. The largest absolute Gasteiger partial charge is 0.472 e. The van der Waals surface area contributed by atoms with E-state index in [1.807, 2.05) is 37.3 Å². The summed E-state index contributed by atoms with van der Waals surface area (Å²) in [5, 5.41) is 4.95. The molecule has 2 rings (SSSR count). The molecule has 2 aromatic rings. The van der Waals surface area contributed by atoms with E-state index in [-0.39, 0.29) is 6.61 Å². The van der Waals surface area contributed by atoms with E-state index in [2.05, 4.69) is 16.6 Å². The number of benzene rings is 2. The molecule has 2 amide bonds. The number of rotatable bonds is 9. The molecule has 2 aromatic carbocycles. The van der Waals surface area contributed by atoms with Gasteiger partial charge in [-0.05, 0) is 52.3 Å². The summed E-state index contributed by atoms with van der Waals surface area (Å²) in [5.41, 5.74) is -0.556. The second-order valence-corrected chi connectivity index (χ2v) is 9.11. The standard InChI is InChI=1S/C27H32N2O6/c1-7-27(6,34-21-15-13-19(2)14-16-21)23(24(31)28-17-22(30)35-26(3,4)5)29-25(32)33-18-20-11-9-8-10-12-20/h1,8-16,23H,17-18H2,2-6H3,(H,28,31)(H,29,32)/t23-,27-/m1/s1. The van der Waals surface area contributed by atoms with Crippen LogP contribution in [0.3, 0.4) is 0 Å². The van der Waals surface area contributed by atoms with Crippen molar-refractivity contribution < 1.29 is 28.6 Å². The number of ether oxygens (including phenoxy) is 3. The predicted octanol–water partition coefficient (Wildman–Crippen LogP) is 3.52. The van der Waals surface area contributed by atoms with Crippen LogP contribution in [0.4, 0.5) is 4.79 Å². The fourth-order valence-corrected chi connectivity index (χ4v) is 3.00. The quantitative estimate of drug-likeness (QED) is 0.421. The van der Waals surface area contributed by atoms with Crippen LogP contribution in [-0.2, 0) is 25.7 Å². The molecular weight excluding hydrogens is 448 g/mol. The van der Waals surface area contributed by atoms with Gasteiger partial charge in [0.05, 0.1) is 0 Å². The number of aryl methyl sites for hydroxylation is 1. The lowest BCUT2D eigenvalue weighted by molar-refractivity contribution is -0.154. The predicted molar refractivity (Wildman–Crippen MR) is 131 cm³/mol. The monoisotopic (exact) mass is 480 g/mol. The molecule has 0 heterocycles. The number of alkyl carbamates (subject to hydrolysis) is 1. The highest BCUT2D eigenvalue weighted by Crippen LogP contribution is 2.22. The Hall–Kier alpha value is -3.99. The van der Waals surface area contributed by atoms with Crippen molar-refractivity contribution in [1.82, 2.24) is 10.6 Å². The first kappa shape index (κ1) is 27.3. The van der Waals surface area contributed by atoms with Gasteiger partial charge in [0.2, 0.25) is 5.91 Å². The van der Waals surface area contributed by atoms with Gasteiger partial charge in [0.25, 0.3) is 0 Å². The molecule has 0 radical (unpaired) electrons. The number of carbonyl (C=O) groups excluding carboxylic acids is 3. The summed E-state index contributed by atoms with van der Waals surface area (Å²) in [4.78, 5) is 37.8. The van der Waals surface area contributed by atoms with Gasteiger partial charge in [-0.15, -0.1) is 6.42 Å². The van der Waals surface area contributed by atoms with Crippen molar-refractivity contribution in [1.29, 1.82) is 0 Å². The Morgan fingerprint density at radius 3 is 2.20 bits per heavy atom. The van der Waals surface area contributed by atoms with Crippen LogP contribution in [0, 0.1) is 19.3 Å². The summed E-state index contributed by atoms with van der Waals surface area (Å²) in [6.07, 6.45) is 4.89. The van der Waals surface area contributed by atoms with Gasteiger partial charge in [0.1, 0.15) is 24.5 Å². The first-order valence-electron chi connectivity index (χ1n) is 11.1. The van der Waals surface area contributed by atoms with E-state index < -0.39 is 41.8 Å². The fourth-order valence-electron chi connectivity index (χ4n) is 3.00. The SMILES string of the molecule is C#C[C@@](C)(Oc1ccc(C)cc1)[C@H](NC(=O)OCc1ccccc1)C(=O)NCC(=O)OC(C)(C)C. The fraction of sp³-hybridized carbons (Fsp3) is 0.370. The van der Waals surface area contributed by atoms with Crippen LogP contribution in [0.5, 0.6) is 5.75 Å². The maximum Gasteiger partial charge on any atom is 0.408 e. The molecule has 0 spiro atoms. The molecular formula is C27H32N2O6. The Morgan fingerprint density at radius 2 is 1.63 bits per heavy atom. The van der Waals surface area contributed by atoms with Gasteiger partial charge >= 0.3 is 12.1 Å². The highest BCUT2D eigenvalue weighted by Gasteiger charge is 2.42. The van der Waals surface area contributed by atoms with Crippen LogP contribution in [-0.4, -0.2) is 41.8 Å². The Bertz CT molecular complexity index is 1050. The number of carbonyl (C=O) groups is 3. The van der Waals surface area contributed by atoms with Crippen molar-refractivity contribution in [3.8, 4) is 18.1 Å². The van der Waals surface area contributed by atoms with Crippen molar-refractivity contribution in [2.75, 3.05) is 6.54 Å². The first-order valence-corrected chi connectivity index (χ1v) is 11.1. The third-order valence-electron chi connectivity index (χ3n) is 4.75. The van der Waals surface area contributed by atoms with Gasteiger partial charge in [-0.3, -0.25) is 9.59 Å². The van der Waals surface area contributed by atoms with Crippen molar-refractivity contribution in [3.63, 3.8) is 0 Å². The number of amides is 2. The number of hydrogen-bond acceptors (Lipinski definition) is 6.